The van der Waals surface area contributed by atoms with Crippen LogP contribution in [0.5, 0.6) is 5.75 Å². The molecule has 1 aromatic rings. The largest absolute Gasteiger partial charge is 0.465 e. The van der Waals surface area contributed by atoms with E-state index in [9.17, 15) is 18.0 Å². The van der Waals surface area contributed by atoms with Crippen LogP contribution in [0.3, 0.4) is 0 Å². The highest BCUT2D eigenvalue weighted by Crippen LogP contribution is 2.31. The molecule has 0 saturated carbocycles. The van der Waals surface area contributed by atoms with Gasteiger partial charge in [-0.05, 0) is 50.9 Å². The van der Waals surface area contributed by atoms with Crippen molar-refractivity contribution in [3.8, 4) is 5.75 Å². The molecular weight excluding hydrogens is 400 g/mol. The summed E-state index contributed by atoms with van der Waals surface area (Å²) in [5.41, 5.74) is -0.0756. The van der Waals surface area contributed by atoms with E-state index in [2.05, 4.69) is 9.64 Å². The van der Waals surface area contributed by atoms with Gasteiger partial charge in [0.2, 0.25) is 0 Å². The smallest absolute Gasteiger partial charge is 0.423 e. The number of rotatable bonds is 6. The minimum Gasteiger partial charge on any atom is -0.465 e. The lowest BCUT2D eigenvalue weighted by Crippen LogP contribution is -2.49. The van der Waals surface area contributed by atoms with E-state index in [1.54, 1.807) is 4.72 Å². The van der Waals surface area contributed by atoms with E-state index in [1.807, 2.05) is 0 Å². The molecule has 1 aromatic carbocycles. The first-order valence-corrected chi connectivity index (χ1v) is 11.1. The molecule has 2 fully saturated rings. The number of fused-ring (bicyclic) bond motifs is 1. The number of para-hydroxylation sites is 1. The van der Waals surface area contributed by atoms with Gasteiger partial charge < -0.3 is 13.7 Å². The standard InChI is InChI=1S/C19H26N2O7S/c1-26-18(22)15-8-2-3-10-17(15)28-29(24,25)20-19(23)27-13-14-7-6-12-21-11-5-4-9-16(14)21/h2-3,8,10,14,16H,4-7,9,11-13H2,1H3,(H,20,23)/t14-,16?/m0/s1. The summed E-state index contributed by atoms with van der Waals surface area (Å²) < 4.78 is 40.7. The molecule has 160 valence electrons. The molecule has 29 heavy (non-hydrogen) atoms. The van der Waals surface area contributed by atoms with E-state index in [1.165, 1.54) is 37.8 Å². The zero-order valence-corrected chi connectivity index (χ0v) is 17.2. The Kier molecular flexibility index (Phi) is 6.96. The minimum absolute atomic E-state index is 0.0756. The second-order valence-electron chi connectivity index (χ2n) is 7.23. The zero-order chi connectivity index (χ0) is 20.9. The maximum absolute atomic E-state index is 12.2. The SMILES string of the molecule is COC(=O)c1ccccc1OS(=O)(=O)NC(=O)OC[C@@H]1CCCN2CCCCC12. The minimum atomic E-state index is -4.52. The quantitative estimate of drug-likeness (QED) is 0.689. The second-order valence-corrected chi connectivity index (χ2v) is 8.51. The van der Waals surface area contributed by atoms with Crippen molar-refractivity contribution in [1.82, 2.24) is 9.62 Å². The predicted molar refractivity (Wildman–Crippen MR) is 104 cm³/mol. The molecule has 1 unspecified atom stereocenters. The molecule has 2 aliphatic rings. The van der Waals surface area contributed by atoms with Crippen LogP contribution >= 0.6 is 0 Å². The molecule has 0 aliphatic carbocycles. The molecule has 1 N–H and O–H groups in total. The van der Waals surface area contributed by atoms with E-state index in [-0.39, 0.29) is 23.8 Å². The van der Waals surface area contributed by atoms with Crippen LogP contribution in [-0.2, 0) is 19.8 Å². The summed E-state index contributed by atoms with van der Waals surface area (Å²) in [7, 11) is -3.35. The maximum atomic E-state index is 12.2. The number of hydrogen-bond acceptors (Lipinski definition) is 8. The molecular formula is C19H26N2O7S. The Morgan fingerprint density at radius 1 is 1.14 bits per heavy atom. The van der Waals surface area contributed by atoms with E-state index in [0.29, 0.717) is 6.04 Å². The average Bonchev–Trinajstić information content (AvgIpc) is 2.71. The van der Waals surface area contributed by atoms with Crippen molar-refractivity contribution in [3.05, 3.63) is 29.8 Å². The highest BCUT2D eigenvalue weighted by Gasteiger charge is 2.34. The molecule has 0 aromatic heterocycles. The number of amides is 1. The van der Waals surface area contributed by atoms with Crippen molar-refractivity contribution in [3.63, 3.8) is 0 Å². The van der Waals surface area contributed by atoms with Gasteiger partial charge in [-0.3, -0.25) is 4.90 Å². The number of carbonyl (C=O) groups excluding carboxylic acids is 2. The lowest BCUT2D eigenvalue weighted by molar-refractivity contribution is 0.0244. The zero-order valence-electron chi connectivity index (χ0n) is 16.3. The van der Waals surface area contributed by atoms with Crippen molar-refractivity contribution >= 4 is 22.4 Å². The van der Waals surface area contributed by atoms with Gasteiger partial charge in [-0.15, -0.1) is 0 Å². The van der Waals surface area contributed by atoms with Crippen molar-refractivity contribution in [2.24, 2.45) is 5.92 Å². The Hall–Kier alpha value is -2.33. The summed E-state index contributed by atoms with van der Waals surface area (Å²) in [5.74, 6) is -0.809. The first-order chi connectivity index (χ1) is 13.9. The Bertz CT molecular complexity index is 841. The van der Waals surface area contributed by atoms with Crippen LogP contribution in [0, 0.1) is 5.92 Å². The average molecular weight is 426 g/mol. The summed E-state index contributed by atoms with van der Waals surface area (Å²) in [5, 5.41) is 0. The summed E-state index contributed by atoms with van der Waals surface area (Å²) >= 11 is 0. The fraction of sp³-hybridized carbons (Fsp3) is 0.579. The van der Waals surface area contributed by atoms with Crippen LogP contribution in [-0.4, -0.2) is 58.2 Å². The fourth-order valence-corrected chi connectivity index (χ4v) is 4.73. The van der Waals surface area contributed by atoms with Gasteiger partial charge in [0.1, 0.15) is 5.56 Å². The monoisotopic (exact) mass is 426 g/mol. The lowest BCUT2D eigenvalue weighted by atomic mass is 9.84. The molecule has 2 saturated heterocycles. The Morgan fingerprint density at radius 3 is 2.69 bits per heavy atom. The number of methoxy groups -OCH3 is 1. The van der Waals surface area contributed by atoms with Gasteiger partial charge in [0.15, 0.2) is 5.75 Å². The Labute approximate surface area is 170 Å². The van der Waals surface area contributed by atoms with Crippen molar-refractivity contribution in [2.75, 3.05) is 26.8 Å². The molecule has 10 heteroatoms. The van der Waals surface area contributed by atoms with Crippen molar-refractivity contribution in [1.29, 1.82) is 0 Å². The number of benzene rings is 1. The molecule has 2 heterocycles. The fourth-order valence-electron chi connectivity index (χ4n) is 4.04. The van der Waals surface area contributed by atoms with Crippen molar-refractivity contribution < 1.29 is 31.7 Å². The third-order valence-electron chi connectivity index (χ3n) is 5.36. The van der Waals surface area contributed by atoms with Gasteiger partial charge in [-0.25, -0.2) is 9.59 Å². The summed E-state index contributed by atoms with van der Waals surface area (Å²) in [6.07, 6.45) is 4.30. The summed E-state index contributed by atoms with van der Waals surface area (Å²) in [6, 6.07) is 6.05. The number of carbonyl (C=O) groups is 2. The van der Waals surface area contributed by atoms with E-state index in [4.69, 9.17) is 8.92 Å². The first-order valence-electron chi connectivity index (χ1n) is 9.70. The van der Waals surface area contributed by atoms with Crippen LogP contribution < -0.4 is 8.91 Å². The van der Waals surface area contributed by atoms with Crippen molar-refractivity contribution in [2.45, 2.75) is 38.1 Å². The number of nitrogens with zero attached hydrogens (tertiary/aromatic N) is 1. The van der Waals surface area contributed by atoms with Gasteiger partial charge in [0, 0.05) is 12.0 Å². The first kappa shape index (κ1) is 21.4. The van der Waals surface area contributed by atoms with Gasteiger partial charge in [0.25, 0.3) is 0 Å². The van der Waals surface area contributed by atoms with Crippen LogP contribution in [0.25, 0.3) is 0 Å². The number of nitrogens with one attached hydrogen (secondary N) is 1. The van der Waals surface area contributed by atoms with E-state index < -0.39 is 22.4 Å². The topological polar surface area (TPSA) is 111 Å². The Morgan fingerprint density at radius 2 is 1.90 bits per heavy atom. The summed E-state index contributed by atoms with van der Waals surface area (Å²) in [6.45, 7) is 2.28. The van der Waals surface area contributed by atoms with Crippen LogP contribution in [0.2, 0.25) is 0 Å². The highest BCUT2D eigenvalue weighted by atomic mass is 32.2. The van der Waals surface area contributed by atoms with Gasteiger partial charge in [-0.2, -0.15) is 13.1 Å². The third-order valence-corrected chi connectivity index (χ3v) is 6.17. The van der Waals surface area contributed by atoms with Crippen LogP contribution in [0.1, 0.15) is 42.5 Å². The predicted octanol–water partition coefficient (Wildman–Crippen LogP) is 2.09. The maximum Gasteiger partial charge on any atom is 0.423 e. The van der Waals surface area contributed by atoms with Gasteiger partial charge in [0.05, 0.1) is 13.7 Å². The van der Waals surface area contributed by atoms with Gasteiger partial charge >= 0.3 is 22.4 Å². The molecule has 2 aliphatic heterocycles. The van der Waals surface area contributed by atoms with Crippen LogP contribution in [0.15, 0.2) is 24.3 Å². The second kappa shape index (κ2) is 9.45. The Balaban J connectivity index is 1.55. The molecule has 0 bridgehead atoms. The van der Waals surface area contributed by atoms with E-state index >= 15 is 0 Å². The highest BCUT2D eigenvalue weighted by molar-refractivity contribution is 7.85. The van der Waals surface area contributed by atoms with E-state index in [0.717, 1.165) is 38.8 Å². The van der Waals surface area contributed by atoms with Crippen LogP contribution in [0.4, 0.5) is 4.79 Å². The van der Waals surface area contributed by atoms with Gasteiger partial charge in [-0.1, -0.05) is 18.6 Å². The normalized spacial score (nSPS) is 22.2. The molecule has 3 rings (SSSR count). The number of hydrogen-bond donors (Lipinski definition) is 1. The molecule has 2 atom stereocenters. The molecule has 0 radical (unpaired) electrons. The molecule has 1 amide bonds. The summed E-state index contributed by atoms with van der Waals surface area (Å²) in [4.78, 5) is 26.2. The molecule has 0 spiro atoms. The lowest BCUT2D eigenvalue weighted by Gasteiger charge is -2.44. The molecule has 9 nitrogen and oxygen atoms in total. The number of ether oxygens (including phenoxy) is 2. The number of esters is 1. The third kappa shape index (κ3) is 5.60. The number of piperidine rings is 2.